The lowest BCUT2D eigenvalue weighted by atomic mass is 9.98. The molecule has 1 heterocycles. The molecule has 0 radical (unpaired) electrons. The first-order chi connectivity index (χ1) is 7.03. The second-order valence-electron chi connectivity index (χ2n) is 4.30. The molecule has 1 aromatic heterocycles. The predicted molar refractivity (Wildman–Crippen MR) is 56.0 cm³/mol. The number of aromatic nitrogens is 2. The molecule has 15 heavy (non-hydrogen) atoms. The van der Waals surface area contributed by atoms with Crippen LogP contribution in [0.1, 0.15) is 31.1 Å². The number of hydrogen-bond donors (Lipinski definition) is 2. The molecule has 1 aliphatic rings. The molecule has 0 aliphatic heterocycles. The Hall–Kier alpha value is -1.36. The van der Waals surface area contributed by atoms with Crippen molar-refractivity contribution in [2.75, 3.05) is 0 Å². The van der Waals surface area contributed by atoms with Gasteiger partial charge in [0.1, 0.15) is 5.82 Å². The Kier molecular flexibility index (Phi) is 2.26. The Morgan fingerprint density at radius 2 is 2.47 bits per heavy atom. The van der Waals surface area contributed by atoms with Gasteiger partial charge in [-0.1, -0.05) is 0 Å². The largest absolute Gasteiger partial charge is 0.368 e. The second-order valence-corrected chi connectivity index (χ2v) is 4.30. The van der Waals surface area contributed by atoms with Crippen LogP contribution in [0.4, 0.5) is 0 Å². The molecule has 0 aromatic carbocycles. The van der Waals surface area contributed by atoms with Gasteiger partial charge in [0.05, 0.1) is 5.54 Å². The van der Waals surface area contributed by atoms with Crippen molar-refractivity contribution in [1.29, 1.82) is 0 Å². The molecule has 0 spiro atoms. The van der Waals surface area contributed by atoms with Crippen LogP contribution in [0.15, 0.2) is 12.4 Å². The summed E-state index contributed by atoms with van der Waals surface area (Å²) >= 11 is 0. The molecular weight excluding hydrogens is 192 g/mol. The third-order valence-electron chi connectivity index (χ3n) is 3.27. The number of imidazole rings is 1. The number of primary amides is 1. The highest BCUT2D eigenvalue weighted by Gasteiger charge is 2.41. The van der Waals surface area contributed by atoms with Crippen LogP contribution in [0.2, 0.25) is 0 Å². The van der Waals surface area contributed by atoms with Crippen molar-refractivity contribution in [2.45, 2.75) is 37.8 Å². The molecule has 2 atom stereocenters. The van der Waals surface area contributed by atoms with Crippen molar-refractivity contribution in [3.63, 3.8) is 0 Å². The summed E-state index contributed by atoms with van der Waals surface area (Å²) in [4.78, 5) is 15.4. The zero-order chi connectivity index (χ0) is 11.1. The van der Waals surface area contributed by atoms with E-state index in [4.69, 9.17) is 11.5 Å². The molecule has 2 rings (SSSR count). The lowest BCUT2D eigenvalue weighted by molar-refractivity contribution is -0.123. The quantitative estimate of drug-likeness (QED) is 0.722. The average molecular weight is 208 g/mol. The van der Waals surface area contributed by atoms with E-state index in [1.54, 1.807) is 6.20 Å². The first-order valence-corrected chi connectivity index (χ1v) is 5.11. The van der Waals surface area contributed by atoms with E-state index < -0.39 is 11.4 Å². The van der Waals surface area contributed by atoms with Gasteiger partial charge in [-0.05, 0) is 26.2 Å². The maximum absolute atomic E-state index is 11.2. The van der Waals surface area contributed by atoms with E-state index in [0.717, 1.165) is 12.2 Å². The van der Waals surface area contributed by atoms with Gasteiger partial charge >= 0.3 is 0 Å². The van der Waals surface area contributed by atoms with Gasteiger partial charge in [-0.3, -0.25) is 4.79 Å². The number of amides is 1. The van der Waals surface area contributed by atoms with Crippen molar-refractivity contribution < 1.29 is 4.79 Å². The van der Waals surface area contributed by atoms with Crippen LogP contribution in [0, 0.1) is 6.92 Å². The van der Waals surface area contributed by atoms with Crippen LogP contribution in [0.3, 0.4) is 0 Å². The fourth-order valence-corrected chi connectivity index (χ4v) is 2.28. The molecule has 1 aliphatic carbocycles. The van der Waals surface area contributed by atoms with Gasteiger partial charge in [-0.2, -0.15) is 0 Å². The molecule has 1 saturated carbocycles. The molecule has 1 aromatic rings. The number of nitrogens with two attached hydrogens (primary N) is 2. The fourth-order valence-electron chi connectivity index (χ4n) is 2.28. The Balaban J connectivity index is 2.18. The van der Waals surface area contributed by atoms with E-state index in [2.05, 4.69) is 9.55 Å². The van der Waals surface area contributed by atoms with Crippen molar-refractivity contribution in [3.8, 4) is 0 Å². The minimum atomic E-state index is -0.832. The smallest absolute Gasteiger partial charge is 0.237 e. The molecule has 5 nitrogen and oxygen atoms in total. The van der Waals surface area contributed by atoms with Crippen molar-refractivity contribution in [2.24, 2.45) is 11.5 Å². The van der Waals surface area contributed by atoms with Crippen LogP contribution >= 0.6 is 0 Å². The molecule has 0 bridgehead atoms. The third kappa shape index (κ3) is 1.63. The standard InChI is InChI=1S/C10H16N4O/c1-7-13-4-5-14(7)8-2-3-10(12,6-8)9(11)15/h4-5,8H,2-3,6,12H2,1H3,(H2,11,15). The summed E-state index contributed by atoms with van der Waals surface area (Å²) in [5, 5.41) is 0. The summed E-state index contributed by atoms with van der Waals surface area (Å²) in [6.45, 7) is 1.95. The number of hydrogen-bond acceptors (Lipinski definition) is 3. The Labute approximate surface area is 88.5 Å². The number of nitrogens with zero attached hydrogens (tertiary/aromatic N) is 2. The topological polar surface area (TPSA) is 86.9 Å². The monoisotopic (exact) mass is 208 g/mol. The van der Waals surface area contributed by atoms with Gasteiger partial charge in [0.15, 0.2) is 0 Å². The molecule has 2 unspecified atom stereocenters. The minimum absolute atomic E-state index is 0.255. The Bertz CT molecular complexity index is 387. The van der Waals surface area contributed by atoms with Crippen molar-refractivity contribution >= 4 is 5.91 Å². The van der Waals surface area contributed by atoms with Crippen LogP contribution < -0.4 is 11.5 Å². The lowest BCUT2D eigenvalue weighted by Crippen LogP contribution is -2.49. The average Bonchev–Trinajstić information content (AvgIpc) is 2.73. The fraction of sp³-hybridized carbons (Fsp3) is 0.600. The van der Waals surface area contributed by atoms with Crippen LogP contribution in [0.5, 0.6) is 0 Å². The first-order valence-electron chi connectivity index (χ1n) is 5.11. The van der Waals surface area contributed by atoms with E-state index in [9.17, 15) is 4.79 Å². The summed E-state index contributed by atoms with van der Waals surface area (Å²) in [5.41, 5.74) is 10.4. The maximum Gasteiger partial charge on any atom is 0.237 e. The summed E-state index contributed by atoms with van der Waals surface area (Å²) in [5.74, 6) is 0.552. The highest BCUT2D eigenvalue weighted by atomic mass is 16.1. The van der Waals surface area contributed by atoms with E-state index in [1.807, 2.05) is 13.1 Å². The van der Waals surface area contributed by atoms with Crippen molar-refractivity contribution in [3.05, 3.63) is 18.2 Å². The molecule has 5 heteroatoms. The van der Waals surface area contributed by atoms with E-state index >= 15 is 0 Å². The van der Waals surface area contributed by atoms with Gasteiger partial charge in [0.2, 0.25) is 5.91 Å². The summed E-state index contributed by atoms with van der Waals surface area (Å²) in [6, 6.07) is 0.255. The van der Waals surface area contributed by atoms with Gasteiger partial charge in [-0.25, -0.2) is 4.98 Å². The summed E-state index contributed by atoms with van der Waals surface area (Å²) in [7, 11) is 0. The zero-order valence-corrected chi connectivity index (χ0v) is 8.81. The number of carbonyl (C=O) groups excluding carboxylic acids is 1. The highest BCUT2D eigenvalue weighted by molar-refractivity contribution is 5.84. The first kappa shape index (κ1) is 10.2. The SMILES string of the molecule is Cc1nccn1C1CCC(N)(C(N)=O)C1. The molecule has 1 amide bonds. The molecule has 1 fully saturated rings. The lowest BCUT2D eigenvalue weighted by Gasteiger charge is -2.20. The van der Waals surface area contributed by atoms with Crippen LogP contribution in [0.25, 0.3) is 0 Å². The Morgan fingerprint density at radius 1 is 1.73 bits per heavy atom. The summed E-state index contributed by atoms with van der Waals surface area (Å²) in [6.07, 6.45) is 5.84. The minimum Gasteiger partial charge on any atom is -0.368 e. The molecule has 0 saturated heterocycles. The number of carbonyl (C=O) groups is 1. The highest BCUT2D eigenvalue weighted by Crippen LogP contribution is 2.36. The molecular formula is C10H16N4O. The molecule has 82 valence electrons. The van der Waals surface area contributed by atoms with Gasteiger partial charge in [-0.15, -0.1) is 0 Å². The third-order valence-corrected chi connectivity index (χ3v) is 3.27. The zero-order valence-electron chi connectivity index (χ0n) is 8.81. The summed E-state index contributed by atoms with van der Waals surface area (Å²) < 4.78 is 2.07. The van der Waals surface area contributed by atoms with Crippen LogP contribution in [-0.2, 0) is 4.79 Å². The van der Waals surface area contributed by atoms with E-state index in [-0.39, 0.29) is 6.04 Å². The van der Waals surface area contributed by atoms with Crippen molar-refractivity contribution in [1.82, 2.24) is 9.55 Å². The van der Waals surface area contributed by atoms with Gasteiger partial charge in [0.25, 0.3) is 0 Å². The second kappa shape index (κ2) is 3.34. The van der Waals surface area contributed by atoms with E-state index in [0.29, 0.717) is 12.8 Å². The molecule has 4 N–H and O–H groups in total. The Morgan fingerprint density at radius 3 is 2.93 bits per heavy atom. The maximum atomic E-state index is 11.2. The predicted octanol–water partition coefficient (Wildman–Crippen LogP) is 0.0993. The number of rotatable bonds is 2. The number of aryl methyl sites for hydroxylation is 1. The van der Waals surface area contributed by atoms with Gasteiger partial charge < -0.3 is 16.0 Å². The normalized spacial score (nSPS) is 30.7. The van der Waals surface area contributed by atoms with E-state index in [1.165, 1.54) is 0 Å². The van der Waals surface area contributed by atoms with Gasteiger partial charge in [0, 0.05) is 18.4 Å². The van der Waals surface area contributed by atoms with Crippen LogP contribution in [-0.4, -0.2) is 21.0 Å².